The third-order valence-corrected chi connectivity index (χ3v) is 5.76. The highest BCUT2D eigenvalue weighted by atomic mass is 16.4. The quantitative estimate of drug-likeness (QED) is 0.851. The van der Waals surface area contributed by atoms with E-state index < -0.39 is 5.97 Å². The lowest BCUT2D eigenvalue weighted by Crippen LogP contribution is -2.39. The summed E-state index contributed by atoms with van der Waals surface area (Å²) in [6.07, 6.45) is 8.07. The Kier molecular flexibility index (Phi) is 5.70. The topological polar surface area (TPSA) is 40.5 Å². The summed E-state index contributed by atoms with van der Waals surface area (Å²) in [5.74, 6) is 1.55. The van der Waals surface area contributed by atoms with Gasteiger partial charge in [-0.15, -0.1) is 0 Å². The van der Waals surface area contributed by atoms with Gasteiger partial charge >= 0.3 is 5.97 Å². The van der Waals surface area contributed by atoms with Crippen LogP contribution in [0.1, 0.15) is 65.7 Å². The van der Waals surface area contributed by atoms with Gasteiger partial charge in [-0.2, -0.15) is 0 Å². The minimum Gasteiger partial charge on any atom is -0.481 e. The second-order valence-corrected chi connectivity index (χ2v) is 8.43. The third-order valence-electron chi connectivity index (χ3n) is 5.76. The standard InChI is InChI=1S/C18H33NO2/c1-18(2,3)16-6-4-15(5-7-16)13-19-10-8-14(9-11-19)12-17(20)21/h14-16H,4-13H2,1-3H3,(H,20,21). The number of aliphatic carboxylic acids is 1. The number of nitrogens with zero attached hydrogens (tertiary/aromatic N) is 1. The highest BCUT2D eigenvalue weighted by molar-refractivity contribution is 5.67. The molecule has 0 spiro atoms. The Morgan fingerprint density at radius 3 is 2.05 bits per heavy atom. The van der Waals surface area contributed by atoms with Crippen molar-refractivity contribution in [3.05, 3.63) is 0 Å². The average molecular weight is 295 g/mol. The van der Waals surface area contributed by atoms with Crippen molar-refractivity contribution in [1.29, 1.82) is 0 Å². The number of piperidine rings is 1. The van der Waals surface area contributed by atoms with Crippen molar-refractivity contribution in [2.45, 2.75) is 65.7 Å². The number of carbonyl (C=O) groups is 1. The molecule has 1 aliphatic heterocycles. The first-order valence-corrected chi connectivity index (χ1v) is 8.78. The van der Waals surface area contributed by atoms with Crippen LogP contribution in [-0.2, 0) is 4.79 Å². The third kappa shape index (κ3) is 5.28. The molecule has 0 bridgehead atoms. The average Bonchev–Trinajstić information content (AvgIpc) is 2.40. The zero-order valence-corrected chi connectivity index (χ0v) is 14.1. The van der Waals surface area contributed by atoms with Crippen molar-refractivity contribution >= 4 is 5.97 Å². The molecule has 1 aliphatic carbocycles. The molecule has 1 heterocycles. The summed E-state index contributed by atoms with van der Waals surface area (Å²) in [6, 6.07) is 0. The van der Waals surface area contributed by atoms with E-state index in [9.17, 15) is 4.79 Å². The minimum atomic E-state index is -0.631. The van der Waals surface area contributed by atoms with Gasteiger partial charge in [0, 0.05) is 13.0 Å². The van der Waals surface area contributed by atoms with Crippen LogP contribution in [-0.4, -0.2) is 35.6 Å². The van der Waals surface area contributed by atoms with Crippen LogP contribution in [0.25, 0.3) is 0 Å². The number of hydrogen-bond donors (Lipinski definition) is 1. The van der Waals surface area contributed by atoms with E-state index in [4.69, 9.17) is 5.11 Å². The van der Waals surface area contributed by atoms with Crippen LogP contribution in [0.3, 0.4) is 0 Å². The van der Waals surface area contributed by atoms with Crippen LogP contribution in [0.15, 0.2) is 0 Å². The van der Waals surface area contributed by atoms with Crippen LogP contribution >= 0.6 is 0 Å². The molecule has 1 N–H and O–H groups in total. The molecule has 0 atom stereocenters. The molecular weight excluding hydrogens is 262 g/mol. The highest BCUT2D eigenvalue weighted by Crippen LogP contribution is 2.40. The second kappa shape index (κ2) is 7.13. The monoisotopic (exact) mass is 295 g/mol. The maximum absolute atomic E-state index is 10.8. The molecule has 0 aromatic carbocycles. The largest absolute Gasteiger partial charge is 0.481 e. The molecule has 2 aliphatic rings. The van der Waals surface area contributed by atoms with Gasteiger partial charge in [-0.3, -0.25) is 4.79 Å². The van der Waals surface area contributed by atoms with E-state index in [-0.39, 0.29) is 0 Å². The lowest BCUT2D eigenvalue weighted by Gasteiger charge is -2.39. The first-order chi connectivity index (χ1) is 9.84. The lowest BCUT2D eigenvalue weighted by molar-refractivity contribution is -0.138. The van der Waals surface area contributed by atoms with Crippen molar-refractivity contribution < 1.29 is 9.90 Å². The smallest absolute Gasteiger partial charge is 0.303 e. The van der Waals surface area contributed by atoms with Crippen LogP contribution in [0.5, 0.6) is 0 Å². The van der Waals surface area contributed by atoms with Crippen LogP contribution in [0, 0.1) is 23.2 Å². The summed E-state index contributed by atoms with van der Waals surface area (Å²) < 4.78 is 0. The molecule has 122 valence electrons. The van der Waals surface area contributed by atoms with Crippen LogP contribution in [0.4, 0.5) is 0 Å². The maximum atomic E-state index is 10.8. The van der Waals surface area contributed by atoms with Gasteiger partial charge in [-0.25, -0.2) is 0 Å². The van der Waals surface area contributed by atoms with Gasteiger partial charge in [0.2, 0.25) is 0 Å². The Labute approximate surface area is 130 Å². The molecule has 1 saturated carbocycles. The van der Waals surface area contributed by atoms with Crippen LogP contribution < -0.4 is 0 Å². The summed E-state index contributed by atoms with van der Waals surface area (Å²) in [6.45, 7) is 10.6. The van der Waals surface area contributed by atoms with E-state index in [0.29, 0.717) is 17.8 Å². The normalized spacial score (nSPS) is 29.5. The Hall–Kier alpha value is -0.570. The van der Waals surface area contributed by atoms with Gasteiger partial charge in [0.15, 0.2) is 0 Å². The molecule has 0 aromatic heterocycles. The predicted octanol–water partition coefficient (Wildman–Crippen LogP) is 4.03. The number of rotatable bonds is 4. The Balaban J connectivity index is 1.67. The van der Waals surface area contributed by atoms with Crippen molar-refractivity contribution in [1.82, 2.24) is 4.90 Å². The van der Waals surface area contributed by atoms with Gasteiger partial charge in [-0.1, -0.05) is 20.8 Å². The van der Waals surface area contributed by atoms with E-state index >= 15 is 0 Å². The number of hydrogen-bond acceptors (Lipinski definition) is 2. The van der Waals surface area contributed by atoms with Gasteiger partial charge in [0.25, 0.3) is 0 Å². The number of likely N-dealkylation sites (tertiary alicyclic amines) is 1. The highest BCUT2D eigenvalue weighted by Gasteiger charge is 2.31. The fraction of sp³-hybridized carbons (Fsp3) is 0.944. The second-order valence-electron chi connectivity index (χ2n) is 8.43. The molecule has 1 saturated heterocycles. The van der Waals surface area contributed by atoms with E-state index in [1.165, 1.54) is 32.2 Å². The Morgan fingerprint density at radius 1 is 1.00 bits per heavy atom. The molecule has 3 heteroatoms. The minimum absolute atomic E-state index is 0.366. The van der Waals surface area contributed by atoms with Crippen molar-refractivity contribution in [3.63, 3.8) is 0 Å². The fourth-order valence-corrected chi connectivity index (χ4v) is 4.20. The summed E-state index contributed by atoms with van der Waals surface area (Å²) >= 11 is 0. The van der Waals surface area contributed by atoms with Gasteiger partial charge in [0.1, 0.15) is 0 Å². The number of carboxylic acid groups (broad SMARTS) is 1. The molecule has 0 radical (unpaired) electrons. The molecule has 0 unspecified atom stereocenters. The molecule has 21 heavy (non-hydrogen) atoms. The van der Waals surface area contributed by atoms with Gasteiger partial charge < -0.3 is 10.0 Å². The molecule has 2 rings (SSSR count). The van der Waals surface area contributed by atoms with Gasteiger partial charge in [0.05, 0.1) is 0 Å². The predicted molar refractivity (Wildman–Crippen MR) is 86.3 cm³/mol. The SMILES string of the molecule is CC(C)(C)C1CCC(CN2CCC(CC(=O)O)CC2)CC1. The summed E-state index contributed by atoms with van der Waals surface area (Å²) in [4.78, 5) is 13.3. The lowest BCUT2D eigenvalue weighted by atomic mass is 9.70. The Bertz CT molecular complexity index is 332. The molecule has 2 fully saturated rings. The maximum Gasteiger partial charge on any atom is 0.303 e. The van der Waals surface area contributed by atoms with E-state index in [1.54, 1.807) is 0 Å². The van der Waals surface area contributed by atoms with Crippen molar-refractivity contribution in [3.8, 4) is 0 Å². The van der Waals surface area contributed by atoms with Crippen molar-refractivity contribution in [2.24, 2.45) is 23.2 Å². The molecule has 0 aromatic rings. The first kappa shape index (κ1) is 16.8. The van der Waals surface area contributed by atoms with E-state index in [1.807, 2.05) is 0 Å². The molecular formula is C18H33NO2. The zero-order chi connectivity index (χ0) is 15.5. The van der Waals surface area contributed by atoms with Crippen LogP contribution in [0.2, 0.25) is 0 Å². The van der Waals surface area contributed by atoms with Gasteiger partial charge in [-0.05, 0) is 74.8 Å². The summed E-state index contributed by atoms with van der Waals surface area (Å²) in [5, 5.41) is 8.87. The number of carboxylic acids is 1. The fourth-order valence-electron chi connectivity index (χ4n) is 4.20. The van der Waals surface area contributed by atoms with E-state index in [2.05, 4.69) is 25.7 Å². The Morgan fingerprint density at radius 2 is 1.57 bits per heavy atom. The first-order valence-electron chi connectivity index (χ1n) is 8.78. The molecule has 0 amide bonds. The zero-order valence-electron chi connectivity index (χ0n) is 14.1. The van der Waals surface area contributed by atoms with E-state index in [0.717, 1.165) is 37.8 Å². The van der Waals surface area contributed by atoms with Crippen molar-refractivity contribution in [2.75, 3.05) is 19.6 Å². The summed E-state index contributed by atoms with van der Waals surface area (Å²) in [5.41, 5.74) is 0.472. The molecule has 3 nitrogen and oxygen atoms in total. The summed E-state index contributed by atoms with van der Waals surface area (Å²) in [7, 11) is 0.